The Morgan fingerprint density at radius 2 is 1.00 bits per heavy atom. The van der Waals surface area contributed by atoms with Crippen LogP contribution in [0.1, 0.15) is 49.9 Å². The minimum atomic E-state index is 0.0283. The van der Waals surface area contributed by atoms with Crippen LogP contribution < -0.4 is 11.1 Å². The maximum absolute atomic E-state index is 5.52. The third-order valence-electron chi connectivity index (χ3n) is 9.33. The van der Waals surface area contributed by atoms with E-state index >= 15 is 0 Å². The highest BCUT2D eigenvalue weighted by molar-refractivity contribution is 14.1. The van der Waals surface area contributed by atoms with Crippen LogP contribution in [0.4, 0.5) is 17.1 Å². The first-order valence-corrected chi connectivity index (χ1v) is 20.1. The second kappa shape index (κ2) is 14.7. The largest absolute Gasteiger partial charge is 0.398 e. The zero-order valence-electron chi connectivity index (χ0n) is 27.5. The Bertz CT molecular complexity index is 2190. The second-order valence-corrected chi connectivity index (χ2v) is 17.8. The number of benzene rings is 6. The van der Waals surface area contributed by atoms with Gasteiger partial charge in [0, 0.05) is 49.2 Å². The number of nitrogens with one attached hydrogen (secondary N) is 1. The predicted octanol–water partition coefficient (Wildman–Crippen LogP) is 14.7. The zero-order valence-corrected chi connectivity index (χ0v) is 36.0. The van der Waals surface area contributed by atoms with Gasteiger partial charge in [0.15, 0.2) is 0 Å². The number of fused-ring (bicyclic) bond motifs is 6. The standard InChI is InChI=1S/C21H17Br2N.C15H13I.C6H5Br2N/c1-21(2)15-7-4-3-6-14(15)20-16(21)8-5-9-19(20)24-18-11-10-13(22)12-17(18)23;1-15(2)11-7-4-3-6-10(11)14-12(15)8-5-9-13(14)16;7-4-1-2-6(9)5(8)3-4/h3-12,24H,1-2H3;3-9H,1-2H3;1-3H,9H2. The summed E-state index contributed by atoms with van der Waals surface area (Å²) >= 11 is 16.2. The molecule has 0 spiro atoms. The van der Waals surface area contributed by atoms with Crippen molar-refractivity contribution in [2.75, 3.05) is 11.1 Å². The summed E-state index contributed by atoms with van der Waals surface area (Å²) in [7, 11) is 0. The zero-order chi connectivity index (χ0) is 35.1. The third-order valence-corrected chi connectivity index (χ3v) is 12.6. The monoisotopic (exact) mass is 1010 g/mol. The molecule has 6 aromatic rings. The summed E-state index contributed by atoms with van der Waals surface area (Å²) in [6.45, 7) is 9.23. The first-order chi connectivity index (χ1) is 23.3. The number of nitrogens with two attached hydrogens (primary N) is 1. The summed E-state index contributed by atoms with van der Waals surface area (Å²) in [5.41, 5.74) is 19.8. The van der Waals surface area contributed by atoms with Crippen LogP contribution in [0.15, 0.2) is 139 Å². The average molecular weight is 1010 g/mol. The Labute approximate surface area is 337 Å². The Morgan fingerprint density at radius 3 is 1.57 bits per heavy atom. The van der Waals surface area contributed by atoms with Crippen LogP contribution in [0, 0.1) is 3.57 Å². The highest BCUT2D eigenvalue weighted by Crippen LogP contribution is 2.52. The molecular weight excluding hydrogens is 979 g/mol. The molecule has 8 rings (SSSR count). The minimum absolute atomic E-state index is 0.0283. The average Bonchev–Trinajstić information content (AvgIpc) is 3.46. The molecule has 7 heteroatoms. The number of hydrogen-bond acceptors (Lipinski definition) is 2. The lowest BCUT2D eigenvalue weighted by atomic mass is 9.82. The molecule has 0 bridgehead atoms. The lowest BCUT2D eigenvalue weighted by Gasteiger charge is -2.21. The van der Waals surface area contributed by atoms with Gasteiger partial charge in [-0.2, -0.15) is 0 Å². The number of rotatable bonds is 2. The first kappa shape index (κ1) is 36.4. The molecule has 0 aromatic heterocycles. The van der Waals surface area contributed by atoms with Crippen LogP contribution in [0.3, 0.4) is 0 Å². The van der Waals surface area contributed by atoms with Gasteiger partial charge in [-0.15, -0.1) is 0 Å². The molecule has 248 valence electrons. The van der Waals surface area contributed by atoms with Gasteiger partial charge in [0.05, 0.1) is 5.69 Å². The predicted molar refractivity (Wildman–Crippen MR) is 232 cm³/mol. The van der Waals surface area contributed by atoms with E-state index in [9.17, 15) is 0 Å². The molecule has 2 nitrogen and oxygen atoms in total. The fraction of sp³-hybridized carbons (Fsp3) is 0.143. The van der Waals surface area contributed by atoms with Gasteiger partial charge < -0.3 is 11.1 Å². The Kier molecular flexibility index (Phi) is 10.9. The Hall–Kier alpha value is -2.43. The summed E-state index contributed by atoms with van der Waals surface area (Å²) in [6, 6.07) is 42.5. The molecule has 0 atom stereocenters. The van der Waals surface area contributed by atoms with Gasteiger partial charge in [0.2, 0.25) is 0 Å². The molecule has 0 radical (unpaired) electrons. The van der Waals surface area contributed by atoms with E-state index in [1.165, 1.54) is 48.1 Å². The van der Waals surface area contributed by atoms with E-state index in [1.54, 1.807) is 0 Å². The van der Waals surface area contributed by atoms with Gasteiger partial charge in [-0.3, -0.25) is 0 Å². The van der Waals surface area contributed by atoms with Crippen LogP contribution in [-0.2, 0) is 10.8 Å². The summed E-state index contributed by atoms with van der Waals surface area (Å²) in [5, 5.41) is 3.61. The second-order valence-electron chi connectivity index (χ2n) is 13.1. The number of halogens is 5. The number of anilines is 3. The van der Waals surface area contributed by atoms with E-state index < -0.39 is 0 Å². The molecule has 3 N–H and O–H groups in total. The minimum Gasteiger partial charge on any atom is -0.398 e. The molecule has 0 aliphatic heterocycles. The van der Waals surface area contributed by atoms with E-state index in [2.05, 4.69) is 216 Å². The van der Waals surface area contributed by atoms with Gasteiger partial charge in [-0.25, -0.2) is 0 Å². The molecule has 2 aliphatic carbocycles. The maximum Gasteiger partial charge on any atom is 0.0529 e. The molecule has 0 heterocycles. The van der Waals surface area contributed by atoms with Crippen molar-refractivity contribution in [3.05, 3.63) is 165 Å². The SMILES string of the molecule is CC1(C)c2ccccc2-c2c(I)cccc21.CC1(C)c2ccccc2-c2c(Nc3ccc(Br)cc3Br)cccc21.Nc1ccc(Br)cc1Br. The van der Waals surface area contributed by atoms with Crippen molar-refractivity contribution in [3.63, 3.8) is 0 Å². The van der Waals surface area contributed by atoms with Gasteiger partial charge >= 0.3 is 0 Å². The fourth-order valence-electron chi connectivity index (χ4n) is 6.81. The molecule has 0 unspecified atom stereocenters. The summed E-state index contributed by atoms with van der Waals surface area (Å²) in [6.07, 6.45) is 0. The van der Waals surface area contributed by atoms with Crippen LogP contribution in [0.2, 0.25) is 0 Å². The number of hydrogen-bond donors (Lipinski definition) is 2. The van der Waals surface area contributed by atoms with E-state index in [1.807, 2.05) is 24.3 Å². The van der Waals surface area contributed by atoms with Crippen molar-refractivity contribution >= 4 is 103 Å². The lowest BCUT2D eigenvalue weighted by molar-refractivity contribution is 0.660. The number of nitrogen functional groups attached to an aromatic ring is 1. The molecule has 49 heavy (non-hydrogen) atoms. The fourth-order valence-corrected chi connectivity index (χ4v) is 9.79. The van der Waals surface area contributed by atoms with E-state index in [0.29, 0.717) is 0 Å². The highest BCUT2D eigenvalue weighted by atomic mass is 127. The van der Waals surface area contributed by atoms with Crippen LogP contribution in [0.25, 0.3) is 22.3 Å². The summed E-state index contributed by atoms with van der Waals surface area (Å²) in [4.78, 5) is 0. The van der Waals surface area contributed by atoms with E-state index in [0.717, 1.165) is 35.0 Å². The van der Waals surface area contributed by atoms with Crippen molar-refractivity contribution in [1.29, 1.82) is 0 Å². The van der Waals surface area contributed by atoms with Crippen LogP contribution >= 0.6 is 86.3 Å². The summed E-state index contributed by atoms with van der Waals surface area (Å²) in [5.74, 6) is 0. The van der Waals surface area contributed by atoms with Crippen molar-refractivity contribution in [1.82, 2.24) is 0 Å². The topological polar surface area (TPSA) is 38.0 Å². The van der Waals surface area contributed by atoms with E-state index in [4.69, 9.17) is 5.73 Å². The van der Waals surface area contributed by atoms with Gasteiger partial charge in [0.25, 0.3) is 0 Å². The lowest BCUT2D eigenvalue weighted by Crippen LogP contribution is -2.14. The molecule has 0 fully saturated rings. The molecule has 0 saturated carbocycles. The Balaban J connectivity index is 0.000000143. The molecule has 6 aromatic carbocycles. The smallest absolute Gasteiger partial charge is 0.0529 e. The van der Waals surface area contributed by atoms with Crippen molar-refractivity contribution in [2.45, 2.75) is 38.5 Å². The van der Waals surface area contributed by atoms with Crippen molar-refractivity contribution in [3.8, 4) is 22.3 Å². The first-order valence-electron chi connectivity index (χ1n) is 15.9. The molecule has 0 saturated heterocycles. The van der Waals surface area contributed by atoms with Crippen molar-refractivity contribution in [2.24, 2.45) is 0 Å². The van der Waals surface area contributed by atoms with E-state index in [-0.39, 0.29) is 10.8 Å². The quantitative estimate of drug-likeness (QED) is 0.134. The normalized spacial score (nSPS) is 13.8. The molecule has 0 amide bonds. The molecule has 2 aliphatic rings. The third kappa shape index (κ3) is 7.21. The van der Waals surface area contributed by atoms with Crippen molar-refractivity contribution < 1.29 is 0 Å². The highest BCUT2D eigenvalue weighted by Gasteiger charge is 2.37. The summed E-state index contributed by atoms with van der Waals surface area (Å²) < 4.78 is 5.42. The maximum atomic E-state index is 5.52. The molecular formula is C42H35Br4IN2. The van der Waals surface area contributed by atoms with Gasteiger partial charge in [-0.1, -0.05) is 132 Å². The van der Waals surface area contributed by atoms with Gasteiger partial charge in [-0.05, 0) is 142 Å². The van der Waals surface area contributed by atoms with Gasteiger partial charge in [0.1, 0.15) is 0 Å². The Morgan fingerprint density at radius 1 is 0.510 bits per heavy atom. The van der Waals surface area contributed by atoms with Crippen LogP contribution in [-0.4, -0.2) is 0 Å². The van der Waals surface area contributed by atoms with Crippen LogP contribution in [0.5, 0.6) is 0 Å².